The van der Waals surface area contributed by atoms with E-state index in [-0.39, 0.29) is 5.97 Å². The molecule has 0 radical (unpaired) electrons. The van der Waals surface area contributed by atoms with E-state index in [1.807, 2.05) is 6.92 Å². The van der Waals surface area contributed by atoms with Crippen molar-refractivity contribution in [3.05, 3.63) is 23.3 Å². The van der Waals surface area contributed by atoms with Crippen LogP contribution in [0.4, 0.5) is 0 Å². The number of carbonyl (C=O) groups is 1. The number of carbonyl (C=O) groups excluding carboxylic acids is 1. The number of hydrogen-bond donors (Lipinski definition) is 0. The molecule has 0 bridgehead atoms. The molecule has 0 aliphatic heterocycles. The number of aromatic nitrogens is 2. The average Bonchev–Trinajstić information content (AvgIpc) is 2.13. The van der Waals surface area contributed by atoms with Crippen LogP contribution in [0.3, 0.4) is 0 Å². The Bertz CT molecular complexity index is 386. The van der Waals surface area contributed by atoms with Crippen LogP contribution in [0.15, 0.2) is 6.07 Å². The Labute approximate surface area is 88.7 Å². The van der Waals surface area contributed by atoms with E-state index in [0.717, 1.165) is 24.4 Å². The maximum absolute atomic E-state index is 11.3. The lowest BCUT2D eigenvalue weighted by Crippen LogP contribution is -2.16. The average molecular weight is 206 g/mol. The molecule has 1 aromatic rings. The van der Waals surface area contributed by atoms with Crippen molar-refractivity contribution >= 4 is 5.97 Å². The van der Waals surface area contributed by atoms with Crippen molar-refractivity contribution in [1.29, 1.82) is 0 Å². The van der Waals surface area contributed by atoms with Gasteiger partial charge in [-0.2, -0.15) is 0 Å². The molecular weight excluding hydrogens is 192 g/mol. The lowest BCUT2D eigenvalue weighted by Gasteiger charge is -2.24. The van der Waals surface area contributed by atoms with Gasteiger partial charge in [0.2, 0.25) is 0 Å². The Balaban J connectivity index is 2.31. The van der Waals surface area contributed by atoms with E-state index in [1.54, 1.807) is 6.07 Å². The largest absolute Gasteiger partial charge is 0.464 e. The Morgan fingerprint density at radius 2 is 2.20 bits per heavy atom. The Morgan fingerprint density at radius 3 is 2.73 bits per heavy atom. The van der Waals surface area contributed by atoms with Crippen molar-refractivity contribution in [3.8, 4) is 0 Å². The first kappa shape index (κ1) is 10.1. The van der Waals surface area contributed by atoms with Crippen LogP contribution < -0.4 is 0 Å². The van der Waals surface area contributed by atoms with Gasteiger partial charge in [0.1, 0.15) is 5.82 Å². The first-order chi connectivity index (χ1) is 7.20. The number of rotatable bonds is 2. The third-order valence-corrected chi connectivity index (χ3v) is 2.74. The summed E-state index contributed by atoms with van der Waals surface area (Å²) in [5.74, 6) is 0.844. The molecule has 0 spiro atoms. The van der Waals surface area contributed by atoms with Crippen molar-refractivity contribution in [2.75, 3.05) is 7.11 Å². The molecule has 1 fully saturated rings. The van der Waals surface area contributed by atoms with E-state index >= 15 is 0 Å². The summed E-state index contributed by atoms with van der Waals surface area (Å²) in [5, 5.41) is 0. The highest BCUT2D eigenvalue weighted by Gasteiger charge is 2.23. The number of nitrogens with zero attached hydrogens (tertiary/aromatic N) is 2. The van der Waals surface area contributed by atoms with Crippen LogP contribution in [0.1, 0.15) is 47.2 Å². The zero-order valence-electron chi connectivity index (χ0n) is 8.99. The molecular formula is C11H14N2O2. The second kappa shape index (κ2) is 3.96. The summed E-state index contributed by atoms with van der Waals surface area (Å²) in [4.78, 5) is 19.9. The number of methoxy groups -OCH3 is 1. The highest BCUT2D eigenvalue weighted by atomic mass is 16.5. The monoisotopic (exact) mass is 206 g/mol. The van der Waals surface area contributed by atoms with E-state index in [1.165, 1.54) is 13.5 Å². The predicted molar refractivity (Wildman–Crippen MR) is 54.7 cm³/mol. The number of ether oxygens (including phenoxy) is 1. The third-order valence-electron chi connectivity index (χ3n) is 2.74. The molecule has 0 atom stereocenters. The lowest BCUT2D eigenvalue weighted by atomic mass is 9.85. The second-order valence-electron chi connectivity index (χ2n) is 3.87. The SMILES string of the molecule is COC(=O)c1cc(C)nc(C2CCC2)n1. The van der Waals surface area contributed by atoms with Crippen molar-refractivity contribution in [3.63, 3.8) is 0 Å². The smallest absolute Gasteiger partial charge is 0.356 e. The van der Waals surface area contributed by atoms with Crippen LogP contribution in [0.5, 0.6) is 0 Å². The van der Waals surface area contributed by atoms with Gasteiger partial charge in [0.15, 0.2) is 5.69 Å². The maximum atomic E-state index is 11.3. The molecule has 1 heterocycles. The van der Waals surface area contributed by atoms with E-state index in [9.17, 15) is 4.79 Å². The first-order valence-corrected chi connectivity index (χ1v) is 5.14. The Kier molecular flexibility index (Phi) is 2.66. The minimum absolute atomic E-state index is 0.368. The van der Waals surface area contributed by atoms with Gasteiger partial charge in [0, 0.05) is 11.6 Å². The number of hydrogen-bond acceptors (Lipinski definition) is 4. The summed E-state index contributed by atoms with van der Waals surface area (Å²) >= 11 is 0. The first-order valence-electron chi connectivity index (χ1n) is 5.14. The zero-order chi connectivity index (χ0) is 10.8. The topological polar surface area (TPSA) is 52.1 Å². The normalized spacial score (nSPS) is 15.9. The van der Waals surface area contributed by atoms with Gasteiger partial charge in [-0.15, -0.1) is 0 Å². The summed E-state index contributed by atoms with van der Waals surface area (Å²) in [7, 11) is 1.36. The fraction of sp³-hybridized carbons (Fsp3) is 0.545. The van der Waals surface area contributed by atoms with Crippen LogP contribution in [0, 0.1) is 6.92 Å². The third kappa shape index (κ3) is 1.98. The van der Waals surface area contributed by atoms with Crippen molar-refractivity contribution in [2.24, 2.45) is 0 Å². The predicted octanol–water partition coefficient (Wildman–Crippen LogP) is 1.84. The molecule has 2 rings (SSSR count). The van der Waals surface area contributed by atoms with Gasteiger partial charge in [-0.25, -0.2) is 14.8 Å². The zero-order valence-corrected chi connectivity index (χ0v) is 8.99. The van der Waals surface area contributed by atoms with Crippen molar-refractivity contribution in [1.82, 2.24) is 9.97 Å². The number of esters is 1. The van der Waals surface area contributed by atoms with Crippen LogP contribution in [-0.4, -0.2) is 23.0 Å². The summed E-state index contributed by atoms with van der Waals surface area (Å²) < 4.78 is 4.65. The fourth-order valence-corrected chi connectivity index (χ4v) is 1.65. The van der Waals surface area contributed by atoms with Gasteiger partial charge in [0.05, 0.1) is 7.11 Å². The molecule has 4 heteroatoms. The van der Waals surface area contributed by atoms with Gasteiger partial charge in [0.25, 0.3) is 0 Å². The summed E-state index contributed by atoms with van der Waals surface area (Å²) in [6.45, 7) is 1.87. The highest BCUT2D eigenvalue weighted by molar-refractivity contribution is 5.87. The summed E-state index contributed by atoms with van der Waals surface area (Å²) in [5.41, 5.74) is 1.19. The van der Waals surface area contributed by atoms with Crippen molar-refractivity contribution < 1.29 is 9.53 Å². The molecule has 0 N–H and O–H groups in total. The van der Waals surface area contributed by atoms with Crippen LogP contribution in [-0.2, 0) is 4.74 Å². The van der Waals surface area contributed by atoms with Crippen LogP contribution >= 0.6 is 0 Å². The molecule has 80 valence electrons. The molecule has 0 saturated heterocycles. The molecule has 15 heavy (non-hydrogen) atoms. The second-order valence-corrected chi connectivity index (χ2v) is 3.87. The summed E-state index contributed by atoms with van der Waals surface area (Å²) in [6.07, 6.45) is 3.49. The quantitative estimate of drug-likeness (QED) is 0.693. The molecule has 0 aromatic carbocycles. The fourth-order valence-electron chi connectivity index (χ4n) is 1.65. The van der Waals surface area contributed by atoms with E-state index in [2.05, 4.69) is 14.7 Å². The van der Waals surface area contributed by atoms with Gasteiger partial charge in [-0.3, -0.25) is 0 Å². The highest BCUT2D eigenvalue weighted by Crippen LogP contribution is 2.34. The van der Waals surface area contributed by atoms with Crippen LogP contribution in [0.2, 0.25) is 0 Å². The van der Waals surface area contributed by atoms with Crippen molar-refractivity contribution in [2.45, 2.75) is 32.1 Å². The van der Waals surface area contributed by atoms with Crippen LogP contribution in [0.25, 0.3) is 0 Å². The van der Waals surface area contributed by atoms with E-state index in [0.29, 0.717) is 11.6 Å². The van der Waals surface area contributed by atoms with E-state index < -0.39 is 0 Å². The molecule has 1 aliphatic carbocycles. The molecule has 0 amide bonds. The van der Waals surface area contributed by atoms with Gasteiger partial charge in [-0.05, 0) is 25.8 Å². The Hall–Kier alpha value is -1.45. The molecule has 1 saturated carbocycles. The summed E-state index contributed by atoms with van der Waals surface area (Å²) in [6, 6.07) is 1.66. The molecule has 0 unspecified atom stereocenters. The molecule has 1 aromatic heterocycles. The standard InChI is InChI=1S/C11H14N2O2/c1-7-6-9(11(14)15-2)13-10(12-7)8-4-3-5-8/h6,8H,3-5H2,1-2H3. The molecule has 1 aliphatic rings. The number of aryl methyl sites for hydroxylation is 1. The van der Waals surface area contributed by atoms with E-state index in [4.69, 9.17) is 0 Å². The van der Waals surface area contributed by atoms with Gasteiger partial charge >= 0.3 is 5.97 Å². The Morgan fingerprint density at radius 1 is 1.47 bits per heavy atom. The minimum atomic E-state index is -0.388. The van der Waals surface area contributed by atoms with Gasteiger partial charge < -0.3 is 4.74 Å². The minimum Gasteiger partial charge on any atom is -0.464 e. The maximum Gasteiger partial charge on any atom is 0.356 e. The lowest BCUT2D eigenvalue weighted by molar-refractivity contribution is 0.0593. The molecule has 4 nitrogen and oxygen atoms in total. The van der Waals surface area contributed by atoms with Gasteiger partial charge in [-0.1, -0.05) is 6.42 Å².